The summed E-state index contributed by atoms with van der Waals surface area (Å²) >= 11 is 7.65. The molecule has 0 radical (unpaired) electrons. The summed E-state index contributed by atoms with van der Waals surface area (Å²) in [6.45, 7) is 6.96. The van der Waals surface area contributed by atoms with Crippen molar-refractivity contribution < 1.29 is 17.9 Å². The van der Waals surface area contributed by atoms with E-state index in [9.17, 15) is 13.2 Å². The van der Waals surface area contributed by atoms with Crippen molar-refractivity contribution in [3.63, 3.8) is 0 Å². The summed E-state index contributed by atoms with van der Waals surface area (Å²) in [5.41, 5.74) is -0.192. The highest BCUT2D eigenvalue weighted by atomic mass is 127. The van der Waals surface area contributed by atoms with E-state index in [-0.39, 0.29) is 10.3 Å². The zero-order valence-electron chi connectivity index (χ0n) is 13.1. The van der Waals surface area contributed by atoms with Gasteiger partial charge in [0.25, 0.3) is 0 Å². The molecule has 0 amide bonds. The van der Waals surface area contributed by atoms with E-state index in [0.717, 1.165) is 6.04 Å². The number of alkyl halides is 3. The van der Waals surface area contributed by atoms with E-state index in [4.69, 9.17) is 16.3 Å². The van der Waals surface area contributed by atoms with Crippen molar-refractivity contribution in [3.05, 3.63) is 32.5 Å². The van der Waals surface area contributed by atoms with E-state index in [0.29, 0.717) is 22.5 Å². The molecule has 0 aliphatic heterocycles. The van der Waals surface area contributed by atoms with Crippen molar-refractivity contribution in [1.82, 2.24) is 4.57 Å². The second-order valence-corrected chi connectivity index (χ2v) is 13.7. The van der Waals surface area contributed by atoms with Gasteiger partial charge >= 0.3 is 6.18 Å². The highest BCUT2D eigenvalue weighted by Gasteiger charge is 2.38. The normalized spacial score (nSPS) is 13.0. The lowest BCUT2D eigenvalue weighted by atomic mass is 10.2. The molecule has 1 aromatic carbocycles. The molecule has 0 aliphatic rings. The zero-order chi connectivity index (χ0) is 17.4. The summed E-state index contributed by atoms with van der Waals surface area (Å²) in [4.78, 5) is 0. The van der Waals surface area contributed by atoms with Gasteiger partial charge in [0.1, 0.15) is 12.4 Å². The van der Waals surface area contributed by atoms with Crippen LogP contribution in [0.3, 0.4) is 0 Å². The van der Waals surface area contributed by atoms with Crippen LogP contribution in [0.15, 0.2) is 18.2 Å². The largest absolute Gasteiger partial charge is 0.432 e. The molecule has 2 aromatic rings. The van der Waals surface area contributed by atoms with Crippen molar-refractivity contribution in [2.45, 2.75) is 38.6 Å². The maximum absolute atomic E-state index is 13.4. The summed E-state index contributed by atoms with van der Waals surface area (Å²) in [6.07, 6.45) is -4.44. The first kappa shape index (κ1) is 19.1. The molecule has 0 spiro atoms. The molecule has 8 heteroatoms. The predicted octanol–water partition coefficient (Wildman–Crippen LogP) is 6.23. The molecule has 0 atom stereocenters. The average Bonchev–Trinajstić information content (AvgIpc) is 2.66. The minimum atomic E-state index is -4.44. The summed E-state index contributed by atoms with van der Waals surface area (Å²) in [6, 6.07) is 5.68. The van der Waals surface area contributed by atoms with Crippen molar-refractivity contribution in [3.8, 4) is 0 Å². The van der Waals surface area contributed by atoms with Crippen LogP contribution in [0.4, 0.5) is 13.2 Å². The number of hydrogen-bond donors (Lipinski definition) is 0. The Hall–Kier alpha value is -0.253. The van der Waals surface area contributed by atoms with Gasteiger partial charge in [-0.1, -0.05) is 31.2 Å². The van der Waals surface area contributed by atoms with E-state index < -0.39 is 19.9 Å². The lowest BCUT2D eigenvalue weighted by Gasteiger charge is -2.17. The lowest BCUT2D eigenvalue weighted by molar-refractivity contribution is -0.146. The Morgan fingerprint density at radius 2 is 1.91 bits per heavy atom. The summed E-state index contributed by atoms with van der Waals surface area (Å²) in [5.74, 6) is 0. The standard InChI is InChI=1S/C15H18ClF3INOSi/c1-23(2,3)7-6-22-9-21-12-5-4-10(16)8-11(12)13(20)14(21)15(17,18)19/h4-5,8H,6-7,9H2,1-3H3. The molecule has 0 fully saturated rings. The number of fused-ring (bicyclic) bond motifs is 1. The van der Waals surface area contributed by atoms with Gasteiger partial charge in [0.05, 0.1) is 9.09 Å². The van der Waals surface area contributed by atoms with Crippen LogP contribution in [-0.4, -0.2) is 19.2 Å². The molecular weight excluding hydrogens is 458 g/mol. The first-order chi connectivity index (χ1) is 10.5. The van der Waals surface area contributed by atoms with Gasteiger partial charge in [-0.2, -0.15) is 13.2 Å². The number of halogens is 5. The molecule has 1 heterocycles. The highest BCUT2D eigenvalue weighted by Crippen LogP contribution is 2.39. The third-order valence-corrected chi connectivity index (χ3v) is 6.48. The van der Waals surface area contributed by atoms with Crippen LogP contribution in [-0.2, 0) is 17.6 Å². The number of aromatic nitrogens is 1. The molecule has 1 aromatic heterocycles. The quantitative estimate of drug-likeness (QED) is 0.284. The summed E-state index contributed by atoms with van der Waals surface area (Å²) in [5, 5.41) is 0.917. The Kier molecular flexibility index (Phi) is 5.75. The Morgan fingerprint density at radius 1 is 1.26 bits per heavy atom. The topological polar surface area (TPSA) is 14.2 Å². The minimum absolute atomic E-state index is 0.111. The molecule has 128 valence electrons. The maximum Gasteiger partial charge on any atom is 0.432 e. The molecule has 0 saturated heterocycles. The molecule has 2 rings (SSSR count). The summed E-state index contributed by atoms with van der Waals surface area (Å²) < 4.78 is 47.2. The Balaban J connectivity index is 2.37. The SMILES string of the molecule is C[Si](C)(C)CCOCn1c(C(F)(F)F)c(I)c2cc(Cl)ccc21. The smallest absolute Gasteiger partial charge is 0.361 e. The van der Waals surface area contributed by atoms with Gasteiger partial charge in [-0.15, -0.1) is 0 Å². The van der Waals surface area contributed by atoms with Crippen LogP contribution in [0.25, 0.3) is 10.9 Å². The van der Waals surface area contributed by atoms with Crippen molar-refractivity contribution in [2.75, 3.05) is 6.61 Å². The lowest BCUT2D eigenvalue weighted by Crippen LogP contribution is -2.22. The third-order valence-electron chi connectivity index (χ3n) is 3.45. The van der Waals surface area contributed by atoms with Crippen molar-refractivity contribution >= 4 is 53.2 Å². The van der Waals surface area contributed by atoms with Crippen molar-refractivity contribution in [2.24, 2.45) is 0 Å². The van der Waals surface area contributed by atoms with Crippen LogP contribution >= 0.6 is 34.2 Å². The van der Waals surface area contributed by atoms with E-state index in [1.165, 1.54) is 4.57 Å². The molecule has 0 saturated carbocycles. The summed E-state index contributed by atoms with van der Waals surface area (Å²) in [7, 11) is -1.28. The Morgan fingerprint density at radius 3 is 2.48 bits per heavy atom. The first-order valence-electron chi connectivity index (χ1n) is 7.13. The third kappa shape index (κ3) is 4.64. The van der Waals surface area contributed by atoms with E-state index in [1.54, 1.807) is 40.8 Å². The number of rotatable bonds is 5. The van der Waals surface area contributed by atoms with Crippen LogP contribution in [0.5, 0.6) is 0 Å². The number of ether oxygens (including phenoxy) is 1. The average molecular weight is 476 g/mol. The zero-order valence-corrected chi connectivity index (χ0v) is 17.0. The fraction of sp³-hybridized carbons (Fsp3) is 0.467. The number of hydrogen-bond acceptors (Lipinski definition) is 1. The molecular formula is C15H18ClF3INOSi. The second kappa shape index (κ2) is 6.93. The second-order valence-electron chi connectivity index (χ2n) is 6.60. The Bertz CT molecular complexity index is 709. The van der Waals surface area contributed by atoms with Gasteiger partial charge in [-0.3, -0.25) is 0 Å². The van der Waals surface area contributed by atoms with E-state index in [1.807, 2.05) is 0 Å². The van der Waals surface area contributed by atoms with Crippen molar-refractivity contribution in [1.29, 1.82) is 0 Å². The molecule has 0 aliphatic carbocycles. The van der Waals surface area contributed by atoms with Crippen LogP contribution in [0.1, 0.15) is 5.69 Å². The van der Waals surface area contributed by atoms with Gasteiger partial charge < -0.3 is 9.30 Å². The van der Waals surface area contributed by atoms with E-state index in [2.05, 4.69) is 19.6 Å². The monoisotopic (exact) mass is 475 g/mol. The van der Waals surface area contributed by atoms with E-state index >= 15 is 0 Å². The highest BCUT2D eigenvalue weighted by molar-refractivity contribution is 14.1. The molecule has 0 N–H and O–H groups in total. The predicted molar refractivity (Wildman–Crippen MR) is 98.8 cm³/mol. The van der Waals surface area contributed by atoms with Crippen LogP contribution < -0.4 is 0 Å². The maximum atomic E-state index is 13.4. The number of nitrogens with zero attached hydrogens (tertiary/aromatic N) is 1. The first-order valence-corrected chi connectivity index (χ1v) is 12.3. The molecule has 23 heavy (non-hydrogen) atoms. The van der Waals surface area contributed by atoms with Crippen LogP contribution in [0.2, 0.25) is 30.7 Å². The molecule has 0 unspecified atom stereocenters. The fourth-order valence-corrected chi connectivity index (χ4v) is 4.19. The molecule has 0 bridgehead atoms. The van der Waals surface area contributed by atoms with Gasteiger partial charge in [-0.25, -0.2) is 0 Å². The fourth-order valence-electron chi connectivity index (χ4n) is 2.23. The molecule has 2 nitrogen and oxygen atoms in total. The number of benzene rings is 1. The van der Waals surface area contributed by atoms with Gasteiger partial charge in [0.2, 0.25) is 0 Å². The van der Waals surface area contributed by atoms with Gasteiger partial charge in [0, 0.05) is 25.1 Å². The van der Waals surface area contributed by atoms with Gasteiger partial charge in [0.15, 0.2) is 0 Å². The van der Waals surface area contributed by atoms with Crippen LogP contribution in [0, 0.1) is 3.57 Å². The van der Waals surface area contributed by atoms with Gasteiger partial charge in [-0.05, 0) is 46.8 Å². The Labute approximate surface area is 153 Å². The minimum Gasteiger partial charge on any atom is -0.361 e.